The predicted molar refractivity (Wildman–Crippen MR) is 85.4 cm³/mol. The summed E-state index contributed by atoms with van der Waals surface area (Å²) in [5.41, 5.74) is 3.35. The van der Waals surface area contributed by atoms with E-state index in [1.807, 2.05) is 18.2 Å². The summed E-state index contributed by atoms with van der Waals surface area (Å²) >= 11 is 3.37. The lowest BCUT2D eigenvalue weighted by atomic mass is 9.95. The number of rotatable bonds is 5. The van der Waals surface area contributed by atoms with Gasteiger partial charge in [-0.2, -0.15) is 0 Å². The second-order valence-electron chi connectivity index (χ2n) is 4.95. The van der Waals surface area contributed by atoms with E-state index in [1.165, 1.54) is 17.2 Å². The Balaban J connectivity index is 2.44. The van der Waals surface area contributed by atoms with Gasteiger partial charge in [0.05, 0.1) is 6.04 Å². The molecule has 2 rings (SSSR count). The zero-order chi connectivity index (χ0) is 14.5. The minimum Gasteiger partial charge on any atom is -0.306 e. The molecule has 0 saturated heterocycles. The molecule has 0 saturated carbocycles. The van der Waals surface area contributed by atoms with Crippen molar-refractivity contribution in [2.75, 3.05) is 6.54 Å². The molecule has 3 heteroatoms. The van der Waals surface area contributed by atoms with Crippen molar-refractivity contribution in [2.24, 2.45) is 0 Å². The third-order valence-corrected chi connectivity index (χ3v) is 3.77. The molecule has 1 unspecified atom stereocenters. The molecule has 0 aliphatic carbocycles. The average Bonchev–Trinajstić information content (AvgIpc) is 2.40. The molecule has 0 aromatic heterocycles. The zero-order valence-corrected chi connectivity index (χ0v) is 13.4. The van der Waals surface area contributed by atoms with Gasteiger partial charge in [-0.3, -0.25) is 0 Å². The summed E-state index contributed by atoms with van der Waals surface area (Å²) in [6.07, 6.45) is 1.04. The Morgan fingerprint density at radius 2 is 1.95 bits per heavy atom. The summed E-state index contributed by atoms with van der Waals surface area (Å²) in [7, 11) is 0. The van der Waals surface area contributed by atoms with Crippen LogP contribution in [0, 0.1) is 12.7 Å². The summed E-state index contributed by atoms with van der Waals surface area (Å²) in [6.45, 7) is 5.11. The lowest BCUT2D eigenvalue weighted by Crippen LogP contribution is -2.24. The van der Waals surface area contributed by atoms with Gasteiger partial charge in [0.1, 0.15) is 5.82 Å². The van der Waals surface area contributed by atoms with Crippen molar-refractivity contribution < 1.29 is 4.39 Å². The fourth-order valence-electron chi connectivity index (χ4n) is 2.35. The van der Waals surface area contributed by atoms with Gasteiger partial charge in [-0.1, -0.05) is 47.1 Å². The molecule has 2 aromatic carbocycles. The Morgan fingerprint density at radius 3 is 2.60 bits per heavy atom. The summed E-state index contributed by atoms with van der Waals surface area (Å²) in [6, 6.07) is 13.3. The molecule has 0 aliphatic heterocycles. The highest BCUT2D eigenvalue weighted by Gasteiger charge is 2.16. The normalized spacial score (nSPS) is 12.4. The quantitative estimate of drug-likeness (QED) is 0.811. The SMILES string of the molecule is CCCNC(c1cc(F)cc(Br)c1)c1ccccc1C. The summed E-state index contributed by atoms with van der Waals surface area (Å²) in [5.74, 6) is -0.216. The number of hydrogen-bond donors (Lipinski definition) is 1. The van der Waals surface area contributed by atoms with Crippen LogP contribution in [0.15, 0.2) is 46.9 Å². The number of benzene rings is 2. The summed E-state index contributed by atoms with van der Waals surface area (Å²) in [5, 5.41) is 3.51. The van der Waals surface area contributed by atoms with Crippen LogP contribution in [0.1, 0.15) is 36.1 Å². The topological polar surface area (TPSA) is 12.0 Å². The van der Waals surface area contributed by atoms with E-state index in [2.05, 4.69) is 47.2 Å². The predicted octanol–water partition coefficient (Wildman–Crippen LogP) is 4.99. The minimum atomic E-state index is -0.216. The van der Waals surface area contributed by atoms with Gasteiger partial charge in [0.25, 0.3) is 0 Å². The van der Waals surface area contributed by atoms with Gasteiger partial charge in [-0.15, -0.1) is 0 Å². The molecule has 0 bridgehead atoms. The highest BCUT2D eigenvalue weighted by molar-refractivity contribution is 9.10. The van der Waals surface area contributed by atoms with E-state index in [9.17, 15) is 4.39 Å². The molecule has 0 aliphatic rings. The van der Waals surface area contributed by atoms with Crippen molar-refractivity contribution in [3.8, 4) is 0 Å². The van der Waals surface area contributed by atoms with E-state index in [0.717, 1.165) is 23.0 Å². The summed E-state index contributed by atoms with van der Waals surface area (Å²) < 4.78 is 14.4. The largest absolute Gasteiger partial charge is 0.306 e. The average molecular weight is 336 g/mol. The second-order valence-corrected chi connectivity index (χ2v) is 5.86. The van der Waals surface area contributed by atoms with Gasteiger partial charge < -0.3 is 5.32 Å². The van der Waals surface area contributed by atoms with Crippen molar-refractivity contribution in [1.82, 2.24) is 5.32 Å². The molecule has 0 fully saturated rings. The Kier molecular flexibility index (Phi) is 5.32. The fourth-order valence-corrected chi connectivity index (χ4v) is 2.83. The van der Waals surface area contributed by atoms with E-state index in [0.29, 0.717) is 0 Å². The molecule has 2 aromatic rings. The Hall–Kier alpha value is -1.19. The number of halogens is 2. The van der Waals surface area contributed by atoms with Crippen molar-refractivity contribution in [3.63, 3.8) is 0 Å². The van der Waals surface area contributed by atoms with Crippen LogP contribution in [0.5, 0.6) is 0 Å². The first-order valence-corrected chi connectivity index (χ1v) is 7.66. The van der Waals surface area contributed by atoms with E-state index in [-0.39, 0.29) is 11.9 Å². The molecule has 0 amide bonds. The van der Waals surface area contributed by atoms with Crippen molar-refractivity contribution >= 4 is 15.9 Å². The fraction of sp³-hybridized carbons (Fsp3) is 0.294. The first-order chi connectivity index (χ1) is 9.61. The van der Waals surface area contributed by atoms with Gasteiger partial charge in [0.15, 0.2) is 0 Å². The van der Waals surface area contributed by atoms with Crippen LogP contribution in [0.3, 0.4) is 0 Å². The molecular weight excluding hydrogens is 317 g/mol. The Labute approximate surface area is 128 Å². The first kappa shape index (κ1) is 15.2. The molecular formula is C17H19BrFN. The van der Waals surface area contributed by atoms with Gasteiger partial charge in [-0.25, -0.2) is 4.39 Å². The van der Waals surface area contributed by atoms with Gasteiger partial charge in [-0.05, 0) is 54.8 Å². The van der Waals surface area contributed by atoms with Crippen LogP contribution in [-0.2, 0) is 0 Å². The van der Waals surface area contributed by atoms with Crippen LogP contribution < -0.4 is 5.32 Å². The van der Waals surface area contributed by atoms with E-state index >= 15 is 0 Å². The third kappa shape index (κ3) is 3.68. The molecule has 1 atom stereocenters. The maximum Gasteiger partial charge on any atom is 0.124 e. The molecule has 20 heavy (non-hydrogen) atoms. The number of hydrogen-bond acceptors (Lipinski definition) is 1. The standard InChI is InChI=1S/C17H19BrFN/c1-3-8-20-17(16-7-5-4-6-12(16)2)13-9-14(18)11-15(19)10-13/h4-7,9-11,17,20H,3,8H2,1-2H3. The minimum absolute atomic E-state index is 0.0168. The van der Waals surface area contributed by atoms with Crippen molar-refractivity contribution in [3.05, 3.63) is 69.4 Å². The highest BCUT2D eigenvalue weighted by atomic mass is 79.9. The zero-order valence-electron chi connectivity index (χ0n) is 11.8. The number of nitrogens with one attached hydrogen (secondary N) is 1. The second kappa shape index (κ2) is 7.00. The molecule has 0 heterocycles. The van der Waals surface area contributed by atoms with Crippen molar-refractivity contribution in [1.29, 1.82) is 0 Å². The Morgan fingerprint density at radius 1 is 1.20 bits per heavy atom. The van der Waals surface area contributed by atoms with Crippen molar-refractivity contribution in [2.45, 2.75) is 26.3 Å². The molecule has 0 spiro atoms. The lowest BCUT2D eigenvalue weighted by molar-refractivity contribution is 0.583. The molecule has 1 nitrogen and oxygen atoms in total. The van der Waals surface area contributed by atoms with Gasteiger partial charge >= 0.3 is 0 Å². The highest BCUT2D eigenvalue weighted by Crippen LogP contribution is 2.27. The Bertz CT molecular complexity index is 563. The summed E-state index contributed by atoms with van der Waals surface area (Å²) in [4.78, 5) is 0. The maximum atomic E-state index is 13.7. The van der Waals surface area contributed by atoms with E-state index in [4.69, 9.17) is 0 Å². The van der Waals surface area contributed by atoms with E-state index in [1.54, 1.807) is 6.07 Å². The third-order valence-electron chi connectivity index (χ3n) is 3.32. The molecule has 0 radical (unpaired) electrons. The van der Waals surface area contributed by atoms with E-state index < -0.39 is 0 Å². The monoisotopic (exact) mass is 335 g/mol. The number of aryl methyl sites for hydroxylation is 1. The van der Waals surface area contributed by atoms with Crippen LogP contribution >= 0.6 is 15.9 Å². The molecule has 1 N–H and O–H groups in total. The van der Waals surface area contributed by atoms with Crippen LogP contribution in [0.4, 0.5) is 4.39 Å². The molecule has 106 valence electrons. The smallest absolute Gasteiger partial charge is 0.124 e. The van der Waals surface area contributed by atoms with Crippen LogP contribution in [-0.4, -0.2) is 6.54 Å². The van der Waals surface area contributed by atoms with Crippen LogP contribution in [0.2, 0.25) is 0 Å². The van der Waals surface area contributed by atoms with Gasteiger partial charge in [0, 0.05) is 4.47 Å². The maximum absolute atomic E-state index is 13.7. The lowest BCUT2D eigenvalue weighted by Gasteiger charge is -2.22. The van der Waals surface area contributed by atoms with Gasteiger partial charge in [0.2, 0.25) is 0 Å². The van der Waals surface area contributed by atoms with Crippen LogP contribution in [0.25, 0.3) is 0 Å². The first-order valence-electron chi connectivity index (χ1n) is 6.86.